The standard InChI is InChI=1S/C13H17N3O2S/c17-12(14-6-9-2-1-5-18-8-9)11-7-15-13(19-11)16-10-3-4-10/h2,7,10H,1,3-6,8H2,(H,14,17)(H,15,16). The number of thiazole rings is 1. The summed E-state index contributed by atoms with van der Waals surface area (Å²) in [5.41, 5.74) is 1.14. The average Bonchev–Trinajstić information content (AvgIpc) is 3.13. The number of nitrogens with zero attached hydrogens (tertiary/aromatic N) is 1. The Morgan fingerprint density at radius 1 is 1.53 bits per heavy atom. The minimum absolute atomic E-state index is 0.0622. The Morgan fingerprint density at radius 3 is 3.16 bits per heavy atom. The zero-order valence-electron chi connectivity index (χ0n) is 10.6. The molecule has 1 aliphatic carbocycles. The number of anilines is 1. The molecular weight excluding hydrogens is 262 g/mol. The van der Waals surface area contributed by atoms with Gasteiger partial charge < -0.3 is 15.4 Å². The van der Waals surface area contributed by atoms with Crippen molar-refractivity contribution in [2.45, 2.75) is 25.3 Å². The number of nitrogens with one attached hydrogen (secondary N) is 2. The van der Waals surface area contributed by atoms with Gasteiger partial charge in [-0.05, 0) is 24.8 Å². The maximum absolute atomic E-state index is 12.0. The fourth-order valence-corrected chi connectivity index (χ4v) is 2.67. The molecule has 2 heterocycles. The van der Waals surface area contributed by atoms with Gasteiger partial charge in [0.15, 0.2) is 5.13 Å². The highest BCUT2D eigenvalue weighted by molar-refractivity contribution is 7.17. The van der Waals surface area contributed by atoms with Crippen LogP contribution in [0, 0.1) is 0 Å². The Kier molecular flexibility index (Phi) is 3.79. The summed E-state index contributed by atoms with van der Waals surface area (Å²) < 4.78 is 5.34. The molecule has 1 aromatic rings. The van der Waals surface area contributed by atoms with Gasteiger partial charge in [0.25, 0.3) is 5.91 Å². The van der Waals surface area contributed by atoms with Gasteiger partial charge in [0, 0.05) is 12.6 Å². The summed E-state index contributed by atoms with van der Waals surface area (Å²) in [6, 6.07) is 0.562. The molecule has 1 fully saturated rings. The van der Waals surface area contributed by atoms with Gasteiger partial charge in [0.1, 0.15) is 4.88 Å². The number of carbonyl (C=O) groups is 1. The zero-order chi connectivity index (χ0) is 13.1. The summed E-state index contributed by atoms with van der Waals surface area (Å²) in [5.74, 6) is -0.0622. The second kappa shape index (κ2) is 5.71. The van der Waals surface area contributed by atoms with Crippen molar-refractivity contribution in [1.29, 1.82) is 0 Å². The molecule has 1 saturated carbocycles. The second-order valence-electron chi connectivity index (χ2n) is 4.83. The lowest BCUT2D eigenvalue weighted by Gasteiger charge is -2.13. The molecule has 0 aromatic carbocycles. The monoisotopic (exact) mass is 279 g/mol. The summed E-state index contributed by atoms with van der Waals surface area (Å²) in [5, 5.41) is 7.04. The summed E-state index contributed by atoms with van der Waals surface area (Å²) in [4.78, 5) is 16.8. The third-order valence-electron chi connectivity index (χ3n) is 3.09. The van der Waals surface area contributed by atoms with Crippen LogP contribution in [0.1, 0.15) is 28.9 Å². The van der Waals surface area contributed by atoms with Crippen molar-refractivity contribution in [3.05, 3.63) is 22.7 Å². The first kappa shape index (κ1) is 12.6. The van der Waals surface area contributed by atoms with E-state index in [1.807, 2.05) is 0 Å². The number of ether oxygens (including phenoxy) is 1. The first-order chi connectivity index (χ1) is 9.31. The van der Waals surface area contributed by atoms with Gasteiger partial charge in [-0.15, -0.1) is 0 Å². The molecule has 0 spiro atoms. The molecular formula is C13H17N3O2S. The minimum atomic E-state index is -0.0622. The topological polar surface area (TPSA) is 63.2 Å². The van der Waals surface area contributed by atoms with Crippen molar-refractivity contribution in [2.75, 3.05) is 25.1 Å². The zero-order valence-corrected chi connectivity index (χ0v) is 11.5. The third kappa shape index (κ3) is 3.54. The molecule has 0 atom stereocenters. The van der Waals surface area contributed by atoms with E-state index in [4.69, 9.17) is 4.74 Å². The van der Waals surface area contributed by atoms with Crippen LogP contribution in [-0.2, 0) is 4.74 Å². The van der Waals surface area contributed by atoms with Crippen LogP contribution in [0.2, 0.25) is 0 Å². The van der Waals surface area contributed by atoms with Gasteiger partial charge in [-0.2, -0.15) is 0 Å². The van der Waals surface area contributed by atoms with Gasteiger partial charge >= 0.3 is 0 Å². The highest BCUT2D eigenvalue weighted by Crippen LogP contribution is 2.27. The van der Waals surface area contributed by atoms with Crippen LogP contribution >= 0.6 is 11.3 Å². The predicted octanol–water partition coefficient (Wildman–Crippen LogP) is 1.79. The van der Waals surface area contributed by atoms with Crippen LogP contribution in [0.15, 0.2) is 17.8 Å². The van der Waals surface area contributed by atoms with E-state index in [0.717, 1.165) is 23.7 Å². The van der Waals surface area contributed by atoms with Crippen LogP contribution in [-0.4, -0.2) is 36.7 Å². The van der Waals surface area contributed by atoms with Crippen LogP contribution < -0.4 is 10.6 Å². The van der Waals surface area contributed by atoms with Gasteiger partial charge in [-0.1, -0.05) is 17.4 Å². The quantitative estimate of drug-likeness (QED) is 0.807. The number of hydrogen-bond acceptors (Lipinski definition) is 5. The molecule has 19 heavy (non-hydrogen) atoms. The van der Waals surface area contributed by atoms with E-state index < -0.39 is 0 Å². The van der Waals surface area contributed by atoms with E-state index in [1.165, 1.54) is 24.2 Å². The van der Waals surface area contributed by atoms with Crippen molar-refractivity contribution in [3.8, 4) is 0 Å². The minimum Gasteiger partial charge on any atom is -0.377 e. The number of hydrogen-bond donors (Lipinski definition) is 2. The Hall–Kier alpha value is -1.40. The summed E-state index contributed by atoms with van der Waals surface area (Å²) in [6.07, 6.45) is 7.11. The Morgan fingerprint density at radius 2 is 2.42 bits per heavy atom. The number of amides is 1. The van der Waals surface area contributed by atoms with Crippen LogP contribution in [0.3, 0.4) is 0 Å². The van der Waals surface area contributed by atoms with Gasteiger partial charge in [-0.25, -0.2) is 4.98 Å². The first-order valence-electron chi connectivity index (χ1n) is 6.57. The second-order valence-corrected chi connectivity index (χ2v) is 5.87. The maximum atomic E-state index is 12.0. The van der Waals surface area contributed by atoms with E-state index in [1.54, 1.807) is 6.20 Å². The fraction of sp³-hybridized carbons (Fsp3) is 0.538. The lowest BCUT2D eigenvalue weighted by Crippen LogP contribution is -2.27. The van der Waals surface area contributed by atoms with Crippen molar-refractivity contribution in [3.63, 3.8) is 0 Å². The molecule has 0 radical (unpaired) electrons. The molecule has 0 bridgehead atoms. The Labute approximate surface area is 116 Å². The average molecular weight is 279 g/mol. The number of aromatic nitrogens is 1. The number of rotatable bonds is 5. The third-order valence-corrected chi connectivity index (χ3v) is 4.02. The highest BCUT2D eigenvalue weighted by Gasteiger charge is 2.22. The Bertz CT molecular complexity index is 494. The molecule has 3 rings (SSSR count). The molecule has 2 N–H and O–H groups in total. The lowest BCUT2D eigenvalue weighted by atomic mass is 10.2. The fourth-order valence-electron chi connectivity index (χ4n) is 1.86. The van der Waals surface area contributed by atoms with Crippen molar-refractivity contribution in [1.82, 2.24) is 10.3 Å². The van der Waals surface area contributed by atoms with Crippen LogP contribution in [0.5, 0.6) is 0 Å². The van der Waals surface area contributed by atoms with E-state index in [2.05, 4.69) is 21.7 Å². The lowest BCUT2D eigenvalue weighted by molar-refractivity contribution is 0.0956. The summed E-state index contributed by atoms with van der Waals surface area (Å²) in [7, 11) is 0. The smallest absolute Gasteiger partial charge is 0.263 e. The normalized spacial score (nSPS) is 18.8. The van der Waals surface area contributed by atoms with Crippen LogP contribution in [0.4, 0.5) is 5.13 Å². The maximum Gasteiger partial charge on any atom is 0.263 e. The summed E-state index contributed by atoms with van der Waals surface area (Å²) in [6.45, 7) is 1.96. The molecule has 102 valence electrons. The van der Waals surface area contributed by atoms with Gasteiger partial charge in [-0.3, -0.25) is 4.79 Å². The molecule has 1 aliphatic heterocycles. The van der Waals surface area contributed by atoms with E-state index in [0.29, 0.717) is 24.1 Å². The molecule has 1 amide bonds. The highest BCUT2D eigenvalue weighted by atomic mass is 32.1. The van der Waals surface area contributed by atoms with Gasteiger partial charge in [0.2, 0.25) is 0 Å². The predicted molar refractivity (Wildman–Crippen MR) is 74.6 cm³/mol. The molecule has 2 aliphatic rings. The Balaban J connectivity index is 1.51. The van der Waals surface area contributed by atoms with Crippen LogP contribution in [0.25, 0.3) is 0 Å². The van der Waals surface area contributed by atoms with E-state index in [9.17, 15) is 4.79 Å². The van der Waals surface area contributed by atoms with Gasteiger partial charge in [0.05, 0.1) is 19.4 Å². The van der Waals surface area contributed by atoms with Crippen molar-refractivity contribution < 1.29 is 9.53 Å². The van der Waals surface area contributed by atoms with E-state index >= 15 is 0 Å². The molecule has 6 heteroatoms. The van der Waals surface area contributed by atoms with E-state index in [-0.39, 0.29) is 5.91 Å². The van der Waals surface area contributed by atoms with Crippen molar-refractivity contribution >= 4 is 22.4 Å². The summed E-state index contributed by atoms with van der Waals surface area (Å²) >= 11 is 1.41. The molecule has 0 unspecified atom stereocenters. The molecule has 5 nitrogen and oxygen atoms in total. The van der Waals surface area contributed by atoms with Crippen molar-refractivity contribution in [2.24, 2.45) is 0 Å². The molecule has 0 saturated heterocycles. The largest absolute Gasteiger partial charge is 0.377 e. The number of carbonyl (C=O) groups excluding carboxylic acids is 1. The molecule has 1 aromatic heterocycles. The first-order valence-corrected chi connectivity index (χ1v) is 7.39. The SMILES string of the molecule is O=C(NCC1=CCCOC1)c1cnc(NC2CC2)s1.